The van der Waals surface area contributed by atoms with E-state index in [1.165, 1.54) is 0 Å². The lowest BCUT2D eigenvalue weighted by Gasteiger charge is -2.33. The summed E-state index contributed by atoms with van der Waals surface area (Å²) >= 11 is 0. The second-order valence-electron chi connectivity index (χ2n) is 4.63. The van der Waals surface area contributed by atoms with Crippen molar-refractivity contribution in [2.75, 3.05) is 13.7 Å². The van der Waals surface area contributed by atoms with Crippen LogP contribution in [0.4, 0.5) is 4.39 Å². The molecule has 0 saturated carbocycles. The van der Waals surface area contributed by atoms with Crippen molar-refractivity contribution in [1.82, 2.24) is 5.32 Å². The van der Waals surface area contributed by atoms with Gasteiger partial charge >= 0.3 is 0 Å². The van der Waals surface area contributed by atoms with Crippen LogP contribution >= 0.6 is 0 Å². The van der Waals surface area contributed by atoms with Crippen molar-refractivity contribution in [3.63, 3.8) is 0 Å². The first-order valence-electron chi connectivity index (χ1n) is 5.67. The minimum absolute atomic E-state index is 0.208. The molecule has 2 rings (SSSR count). The standard InChI is InChI=1S/C13H18FNO/c1-13(14)8-7-11(15-9-13)10-5-3-4-6-12(10)16-2/h3-6,11,15H,7-9H2,1-2H3. The van der Waals surface area contributed by atoms with Crippen LogP contribution in [0.1, 0.15) is 31.4 Å². The molecular formula is C13H18FNO. The van der Waals surface area contributed by atoms with Crippen LogP contribution in [0.5, 0.6) is 5.75 Å². The third-order valence-corrected chi connectivity index (χ3v) is 3.19. The Kier molecular flexibility index (Phi) is 3.15. The van der Waals surface area contributed by atoms with E-state index < -0.39 is 5.67 Å². The quantitative estimate of drug-likeness (QED) is 0.832. The lowest BCUT2D eigenvalue weighted by Crippen LogP contribution is -2.41. The molecule has 1 heterocycles. The third-order valence-electron chi connectivity index (χ3n) is 3.19. The summed E-state index contributed by atoms with van der Waals surface area (Å²) in [6.45, 7) is 2.06. The zero-order chi connectivity index (χ0) is 11.6. The van der Waals surface area contributed by atoms with Crippen molar-refractivity contribution in [2.24, 2.45) is 0 Å². The van der Waals surface area contributed by atoms with E-state index in [1.54, 1.807) is 14.0 Å². The smallest absolute Gasteiger partial charge is 0.123 e. The highest BCUT2D eigenvalue weighted by atomic mass is 19.1. The van der Waals surface area contributed by atoms with Crippen molar-refractivity contribution in [3.05, 3.63) is 29.8 Å². The number of ether oxygens (including phenoxy) is 1. The van der Waals surface area contributed by atoms with Crippen LogP contribution in [0.3, 0.4) is 0 Å². The van der Waals surface area contributed by atoms with Crippen LogP contribution in [0.2, 0.25) is 0 Å². The Bertz CT molecular complexity index is 355. The summed E-state index contributed by atoms with van der Waals surface area (Å²) in [4.78, 5) is 0. The average Bonchev–Trinajstić information content (AvgIpc) is 2.29. The van der Waals surface area contributed by atoms with Crippen LogP contribution in [-0.2, 0) is 0 Å². The molecule has 16 heavy (non-hydrogen) atoms. The number of halogens is 1. The van der Waals surface area contributed by atoms with E-state index in [0.29, 0.717) is 13.0 Å². The molecule has 88 valence electrons. The first kappa shape index (κ1) is 11.4. The average molecular weight is 223 g/mol. The van der Waals surface area contributed by atoms with Crippen molar-refractivity contribution in [1.29, 1.82) is 0 Å². The van der Waals surface area contributed by atoms with Gasteiger partial charge in [-0.3, -0.25) is 0 Å². The van der Waals surface area contributed by atoms with E-state index in [-0.39, 0.29) is 6.04 Å². The van der Waals surface area contributed by atoms with Gasteiger partial charge < -0.3 is 10.1 Å². The number of piperidine rings is 1. The summed E-state index contributed by atoms with van der Waals surface area (Å²) in [5.74, 6) is 0.877. The predicted molar refractivity (Wildman–Crippen MR) is 62.5 cm³/mol. The van der Waals surface area contributed by atoms with Crippen LogP contribution in [-0.4, -0.2) is 19.3 Å². The molecule has 2 nitrogen and oxygen atoms in total. The maximum Gasteiger partial charge on any atom is 0.123 e. The van der Waals surface area contributed by atoms with E-state index in [0.717, 1.165) is 17.7 Å². The van der Waals surface area contributed by atoms with Gasteiger partial charge in [-0.25, -0.2) is 4.39 Å². The van der Waals surface area contributed by atoms with Gasteiger partial charge in [0.05, 0.1) is 7.11 Å². The minimum Gasteiger partial charge on any atom is -0.496 e. The number of alkyl halides is 1. The Hall–Kier alpha value is -1.09. The van der Waals surface area contributed by atoms with E-state index in [9.17, 15) is 4.39 Å². The Morgan fingerprint density at radius 1 is 1.44 bits per heavy atom. The minimum atomic E-state index is -1.07. The number of hydrogen-bond acceptors (Lipinski definition) is 2. The molecule has 1 fully saturated rings. The highest BCUT2D eigenvalue weighted by molar-refractivity contribution is 5.36. The molecule has 0 amide bonds. The summed E-state index contributed by atoms with van der Waals surface area (Å²) < 4.78 is 19.0. The van der Waals surface area contributed by atoms with E-state index in [4.69, 9.17) is 4.74 Å². The summed E-state index contributed by atoms with van der Waals surface area (Å²) in [5.41, 5.74) is 0.0545. The molecule has 1 N–H and O–H groups in total. The molecule has 0 bridgehead atoms. The maximum atomic E-state index is 13.6. The van der Waals surface area contributed by atoms with Crippen LogP contribution in [0.25, 0.3) is 0 Å². The summed E-state index contributed by atoms with van der Waals surface area (Å²) in [5, 5.41) is 3.25. The number of hydrogen-bond donors (Lipinski definition) is 1. The predicted octanol–water partition coefficient (Wildman–Crippen LogP) is 2.85. The van der Waals surface area contributed by atoms with Gasteiger partial charge in [-0.15, -0.1) is 0 Å². The molecule has 0 spiro atoms. The van der Waals surface area contributed by atoms with Gasteiger partial charge in [-0.2, -0.15) is 0 Å². The zero-order valence-corrected chi connectivity index (χ0v) is 9.79. The highest BCUT2D eigenvalue weighted by Gasteiger charge is 2.31. The number of para-hydroxylation sites is 1. The largest absolute Gasteiger partial charge is 0.496 e. The molecule has 3 heteroatoms. The Morgan fingerprint density at radius 3 is 2.81 bits per heavy atom. The number of nitrogens with one attached hydrogen (secondary N) is 1. The van der Waals surface area contributed by atoms with Gasteiger partial charge in [0, 0.05) is 18.2 Å². The van der Waals surface area contributed by atoms with Crippen LogP contribution < -0.4 is 10.1 Å². The fourth-order valence-electron chi connectivity index (χ4n) is 2.19. The first-order chi connectivity index (χ1) is 7.62. The van der Waals surface area contributed by atoms with Crippen molar-refractivity contribution >= 4 is 0 Å². The van der Waals surface area contributed by atoms with E-state index in [2.05, 4.69) is 5.32 Å². The lowest BCUT2D eigenvalue weighted by atomic mass is 9.90. The van der Waals surface area contributed by atoms with Crippen LogP contribution in [0, 0.1) is 0 Å². The highest BCUT2D eigenvalue weighted by Crippen LogP contribution is 2.34. The molecule has 2 unspecified atom stereocenters. The molecule has 1 saturated heterocycles. The summed E-state index contributed by atoms with van der Waals surface area (Å²) in [7, 11) is 1.67. The molecule has 0 radical (unpaired) electrons. The summed E-state index contributed by atoms with van der Waals surface area (Å²) in [6.07, 6.45) is 1.41. The third kappa shape index (κ3) is 2.35. The number of benzene rings is 1. The fraction of sp³-hybridized carbons (Fsp3) is 0.538. The maximum absolute atomic E-state index is 13.6. The second kappa shape index (κ2) is 4.42. The molecule has 1 aliphatic rings. The van der Waals surface area contributed by atoms with Gasteiger partial charge in [0.25, 0.3) is 0 Å². The molecule has 1 aromatic rings. The molecule has 2 atom stereocenters. The number of methoxy groups -OCH3 is 1. The van der Waals surface area contributed by atoms with E-state index >= 15 is 0 Å². The van der Waals surface area contributed by atoms with Crippen LogP contribution in [0.15, 0.2) is 24.3 Å². The normalized spacial score (nSPS) is 30.1. The fourth-order valence-corrected chi connectivity index (χ4v) is 2.19. The Balaban J connectivity index is 2.14. The molecule has 0 aliphatic carbocycles. The Labute approximate surface area is 95.8 Å². The first-order valence-corrected chi connectivity index (χ1v) is 5.67. The van der Waals surface area contributed by atoms with Gasteiger partial charge in [-0.05, 0) is 25.8 Å². The SMILES string of the molecule is COc1ccccc1C1CCC(C)(F)CN1. The van der Waals surface area contributed by atoms with Gasteiger partial charge in [0.15, 0.2) is 0 Å². The molecule has 1 aromatic carbocycles. The molecule has 1 aliphatic heterocycles. The monoisotopic (exact) mass is 223 g/mol. The molecular weight excluding hydrogens is 205 g/mol. The zero-order valence-electron chi connectivity index (χ0n) is 9.79. The summed E-state index contributed by atoms with van der Waals surface area (Å²) in [6, 6.07) is 8.13. The van der Waals surface area contributed by atoms with Crippen molar-refractivity contribution < 1.29 is 9.13 Å². The van der Waals surface area contributed by atoms with Gasteiger partial charge in [0.2, 0.25) is 0 Å². The van der Waals surface area contributed by atoms with Gasteiger partial charge in [0.1, 0.15) is 11.4 Å². The molecule has 0 aromatic heterocycles. The number of rotatable bonds is 2. The Morgan fingerprint density at radius 2 is 2.19 bits per heavy atom. The van der Waals surface area contributed by atoms with Crippen molar-refractivity contribution in [2.45, 2.75) is 31.5 Å². The topological polar surface area (TPSA) is 21.3 Å². The lowest BCUT2D eigenvalue weighted by molar-refractivity contribution is 0.124. The van der Waals surface area contributed by atoms with E-state index in [1.807, 2.05) is 24.3 Å². The second-order valence-corrected chi connectivity index (χ2v) is 4.63. The van der Waals surface area contributed by atoms with Crippen molar-refractivity contribution in [3.8, 4) is 5.75 Å². The van der Waals surface area contributed by atoms with Gasteiger partial charge in [-0.1, -0.05) is 18.2 Å².